The lowest BCUT2D eigenvalue weighted by Crippen LogP contribution is -2.46. The maximum atomic E-state index is 13.6. The van der Waals surface area contributed by atoms with Crippen molar-refractivity contribution in [3.05, 3.63) is 131 Å². The molecule has 0 aromatic heterocycles. The molecule has 4 amide bonds. The molecule has 4 aromatic rings. The molecule has 0 saturated carbocycles. The van der Waals surface area contributed by atoms with Crippen LogP contribution in [0.5, 0.6) is 11.5 Å². The van der Waals surface area contributed by atoms with Gasteiger partial charge >= 0.3 is 24.4 Å². The number of benzene rings is 4. The number of hydrogen-bond donors (Lipinski definition) is 2. The third kappa shape index (κ3) is 14.4. The molecule has 0 spiro atoms. The van der Waals surface area contributed by atoms with Gasteiger partial charge in [0.25, 0.3) is 0 Å². The Hall–Kier alpha value is -6.76. The van der Waals surface area contributed by atoms with E-state index in [0.717, 1.165) is 41.5 Å². The van der Waals surface area contributed by atoms with E-state index in [0.29, 0.717) is 39.0 Å². The molecule has 19 heteroatoms. The Bertz CT molecular complexity index is 2440. The van der Waals surface area contributed by atoms with Gasteiger partial charge in [-0.15, -0.1) is 0 Å². The lowest BCUT2D eigenvalue weighted by Gasteiger charge is -2.30. The number of aromatic hydroxyl groups is 1. The first-order valence-corrected chi connectivity index (χ1v) is 23.4. The van der Waals surface area contributed by atoms with E-state index in [9.17, 15) is 41.8 Å². The van der Waals surface area contributed by atoms with Gasteiger partial charge in [0.15, 0.2) is 23.3 Å². The number of hydrogen-bond acceptors (Lipinski definition) is 11. The Morgan fingerprint density at radius 3 is 1.42 bits per heavy atom. The third-order valence-corrected chi connectivity index (χ3v) is 12.1. The second kappa shape index (κ2) is 23.4. The van der Waals surface area contributed by atoms with Crippen molar-refractivity contribution in [1.82, 2.24) is 19.6 Å². The van der Waals surface area contributed by atoms with Gasteiger partial charge in [-0.2, -0.15) is 0 Å². The van der Waals surface area contributed by atoms with Crippen molar-refractivity contribution in [2.45, 2.75) is 103 Å². The van der Waals surface area contributed by atoms with Gasteiger partial charge in [0.1, 0.15) is 35.9 Å². The number of phenolic OH excluding ortho intramolecular Hbond substituents is 1. The van der Waals surface area contributed by atoms with Gasteiger partial charge in [0, 0.05) is 56.8 Å². The van der Waals surface area contributed by atoms with Crippen LogP contribution < -0.4 is 4.74 Å². The molecular weight excluding hydrogens is 933 g/mol. The van der Waals surface area contributed by atoms with Crippen LogP contribution >= 0.6 is 0 Å². The number of aliphatic hydroxyl groups excluding tert-OH is 1. The van der Waals surface area contributed by atoms with Crippen LogP contribution in [0, 0.1) is 35.1 Å². The molecule has 4 aliphatic heterocycles. The molecule has 4 aromatic carbocycles. The highest BCUT2D eigenvalue weighted by atomic mass is 19.2. The second-order valence-corrected chi connectivity index (χ2v) is 19.6. The minimum atomic E-state index is -1.03. The summed E-state index contributed by atoms with van der Waals surface area (Å²) in [6, 6.07) is 23.9. The maximum absolute atomic E-state index is 13.6. The summed E-state index contributed by atoms with van der Waals surface area (Å²) in [4.78, 5) is 57.7. The summed E-state index contributed by atoms with van der Waals surface area (Å²) in [6.45, 7) is 12.8. The van der Waals surface area contributed by atoms with Crippen LogP contribution in [0.4, 0.5) is 36.7 Å². The van der Waals surface area contributed by atoms with Gasteiger partial charge in [0.05, 0.1) is 30.8 Å². The third-order valence-electron chi connectivity index (χ3n) is 12.1. The van der Waals surface area contributed by atoms with Crippen LogP contribution in [0.3, 0.4) is 0 Å². The van der Waals surface area contributed by atoms with E-state index in [-0.39, 0.29) is 73.9 Å². The van der Waals surface area contributed by atoms with E-state index in [1.165, 1.54) is 6.07 Å². The first kappa shape index (κ1) is 53.6. The summed E-state index contributed by atoms with van der Waals surface area (Å²) in [5.74, 6) is -4.52. The van der Waals surface area contributed by atoms with Crippen LogP contribution in [0.15, 0.2) is 97.1 Å². The smallest absolute Gasteiger partial charge is 0.410 e. The zero-order valence-electron chi connectivity index (χ0n) is 40.6. The summed E-state index contributed by atoms with van der Waals surface area (Å²) >= 11 is 0. The Labute approximate surface area is 410 Å². The molecule has 15 nitrogen and oxygen atoms in total. The minimum absolute atomic E-state index is 0.0943. The summed E-state index contributed by atoms with van der Waals surface area (Å²) in [5, 5.41) is 18.3. The fourth-order valence-electron chi connectivity index (χ4n) is 9.07. The van der Waals surface area contributed by atoms with Crippen LogP contribution in [0.2, 0.25) is 0 Å². The van der Waals surface area contributed by atoms with Crippen LogP contribution in [0.1, 0.15) is 65.5 Å². The minimum Gasteiger partial charge on any atom is -0.508 e. The molecule has 8 rings (SSSR count). The maximum Gasteiger partial charge on any atom is 0.410 e. The van der Waals surface area contributed by atoms with Crippen molar-refractivity contribution >= 4 is 24.4 Å². The lowest BCUT2D eigenvalue weighted by atomic mass is 10.0. The molecular formula is C52H62F4N4O11. The van der Waals surface area contributed by atoms with Gasteiger partial charge in [-0.25, -0.2) is 36.7 Å². The number of nitrogens with zero attached hydrogens (tertiary/aromatic N) is 4. The van der Waals surface area contributed by atoms with E-state index in [1.807, 2.05) is 81.4 Å². The summed E-state index contributed by atoms with van der Waals surface area (Å²) in [6.07, 6.45) is -0.497. The summed E-state index contributed by atoms with van der Waals surface area (Å²) in [7, 11) is 0. The van der Waals surface area contributed by atoms with E-state index in [2.05, 4.69) is 0 Å². The first-order valence-electron chi connectivity index (χ1n) is 23.4. The number of rotatable bonds is 8. The number of amides is 4. The number of phenols is 1. The molecule has 2 N–H and O–H groups in total. The van der Waals surface area contributed by atoms with Crippen molar-refractivity contribution < 1.29 is 70.6 Å². The van der Waals surface area contributed by atoms with Crippen LogP contribution in [0.25, 0.3) is 0 Å². The van der Waals surface area contributed by atoms with Gasteiger partial charge in [-0.3, -0.25) is 0 Å². The average molecular weight is 995 g/mol. The highest BCUT2D eigenvalue weighted by molar-refractivity contribution is 5.73. The highest BCUT2D eigenvalue weighted by Crippen LogP contribution is 2.39. The largest absolute Gasteiger partial charge is 0.508 e. The monoisotopic (exact) mass is 994 g/mol. The molecule has 4 fully saturated rings. The number of aliphatic hydroxyl groups is 1. The molecule has 6 atom stereocenters. The predicted octanol–water partition coefficient (Wildman–Crippen LogP) is 9.29. The molecule has 0 unspecified atom stereocenters. The van der Waals surface area contributed by atoms with E-state index in [4.69, 9.17) is 28.8 Å². The Kier molecular flexibility index (Phi) is 17.7. The second-order valence-electron chi connectivity index (χ2n) is 19.6. The van der Waals surface area contributed by atoms with E-state index < -0.39 is 58.8 Å². The van der Waals surface area contributed by atoms with E-state index in [1.54, 1.807) is 40.4 Å². The topological polar surface area (TPSA) is 168 Å². The van der Waals surface area contributed by atoms with E-state index >= 15 is 0 Å². The Morgan fingerprint density at radius 2 is 1.00 bits per heavy atom. The first-order chi connectivity index (χ1) is 33.6. The molecule has 4 saturated heterocycles. The normalized spacial score (nSPS) is 21.2. The zero-order valence-corrected chi connectivity index (χ0v) is 40.6. The van der Waals surface area contributed by atoms with Gasteiger partial charge in [-0.05, 0) is 89.8 Å². The summed E-state index contributed by atoms with van der Waals surface area (Å²) in [5.41, 5.74) is 0.537. The van der Waals surface area contributed by atoms with Gasteiger partial charge < -0.3 is 53.5 Å². The van der Waals surface area contributed by atoms with Crippen molar-refractivity contribution in [2.75, 3.05) is 39.4 Å². The Morgan fingerprint density at radius 1 is 0.563 bits per heavy atom. The van der Waals surface area contributed by atoms with Crippen molar-refractivity contribution in [3.63, 3.8) is 0 Å². The Balaban J connectivity index is 0.000000202. The molecule has 0 bridgehead atoms. The van der Waals surface area contributed by atoms with Gasteiger partial charge in [0.2, 0.25) is 0 Å². The predicted molar refractivity (Wildman–Crippen MR) is 251 cm³/mol. The van der Waals surface area contributed by atoms with Crippen LogP contribution in [-0.2, 0) is 32.2 Å². The van der Waals surface area contributed by atoms with Crippen molar-refractivity contribution in [2.24, 2.45) is 11.8 Å². The number of carbonyl (C=O) groups is 4. The van der Waals surface area contributed by atoms with Crippen LogP contribution in [-0.4, -0.2) is 129 Å². The highest BCUT2D eigenvalue weighted by Gasteiger charge is 2.54. The number of fused-ring (bicyclic) bond motifs is 2. The number of likely N-dealkylation sites (tertiary alicyclic amines) is 4. The summed E-state index contributed by atoms with van der Waals surface area (Å²) < 4.78 is 78.8. The molecule has 384 valence electrons. The molecule has 4 aliphatic rings. The lowest BCUT2D eigenvalue weighted by molar-refractivity contribution is 0.0159. The molecule has 4 heterocycles. The number of carbonyl (C=O) groups excluding carboxylic acids is 4. The quantitative estimate of drug-likeness (QED) is 0.128. The fourth-order valence-corrected chi connectivity index (χ4v) is 9.07. The van der Waals surface area contributed by atoms with Crippen molar-refractivity contribution in [1.29, 1.82) is 0 Å². The molecule has 71 heavy (non-hydrogen) atoms. The fraction of sp³-hybridized carbons (Fsp3) is 0.462. The zero-order chi connectivity index (χ0) is 51.6. The number of ether oxygens (including phenoxy) is 5. The standard InChI is InChI=1S/C26H30F2N2O5.C20H28N2O5.C6H4F2O/c1-26(2,3)35-25(32)29-12-11-22-23(29)18(16-33-19-9-10-20(27)21(28)13-19)14-30(22)24(31)34-15-17-7-5-4-6-8-17;1-20(2,3)27-19(25)21-10-9-16-17(21)15(12-23)11-22(16)18(24)26-13-14-7-5-4-6-8-14;7-5-2-1-4(9)3-6(5)8/h4-10,13,18,22-23H,11-12,14-16H2,1-3H3;4-8,15-17,23H,9-13H2,1-3H3;1-3,9H/t18-,22-,23-;15-,16-,17-;/m11./s1. The van der Waals surface area contributed by atoms with Crippen molar-refractivity contribution in [3.8, 4) is 11.5 Å². The van der Waals surface area contributed by atoms with Gasteiger partial charge in [-0.1, -0.05) is 60.7 Å². The number of halogens is 4. The average Bonchev–Trinajstić information content (AvgIpc) is 4.11. The molecule has 0 aliphatic carbocycles. The SMILES string of the molecule is CC(C)(C)OC(=O)N1CC[C@@H]2[C@H]1[C@@H](CO)CN2C(=O)OCc1ccccc1.CC(C)(C)OC(=O)N1CC[C@@H]2[C@H]1[C@@H](COc1ccc(F)c(F)c1)CN2C(=O)OCc1ccccc1.Oc1ccc(F)c(F)c1. The molecule has 0 radical (unpaired) electrons.